The van der Waals surface area contributed by atoms with Crippen molar-refractivity contribution in [1.29, 1.82) is 5.26 Å². The van der Waals surface area contributed by atoms with Crippen molar-refractivity contribution in [3.8, 4) is 6.07 Å². The zero-order chi connectivity index (χ0) is 21.5. The molecule has 0 amide bonds. The molecule has 1 unspecified atom stereocenters. The molecule has 2 N–H and O–H groups in total. The van der Waals surface area contributed by atoms with Crippen LogP contribution in [0.2, 0.25) is 0 Å². The van der Waals surface area contributed by atoms with Crippen LogP contribution in [0.25, 0.3) is 10.9 Å². The fourth-order valence-electron chi connectivity index (χ4n) is 5.04. The van der Waals surface area contributed by atoms with Gasteiger partial charge in [0.2, 0.25) is 5.88 Å². The minimum absolute atomic E-state index is 0.0421. The molecule has 5 rings (SSSR count). The summed E-state index contributed by atoms with van der Waals surface area (Å²) in [6, 6.07) is 10.5. The van der Waals surface area contributed by atoms with Crippen LogP contribution in [0.5, 0.6) is 0 Å². The smallest absolute Gasteiger partial charge is 0.205 e. The first-order valence-electron chi connectivity index (χ1n) is 11.1. The SMILES string of the molecule is Cc1ccc2nc(N3CCCCC3)c(C3C(C#N)=C(N)OC4=C3C(=O)CCC4)cc2c1. The second-order valence-electron chi connectivity index (χ2n) is 8.68. The first-order chi connectivity index (χ1) is 15.1. The molecule has 0 saturated carbocycles. The minimum Gasteiger partial charge on any atom is -0.444 e. The second kappa shape index (κ2) is 7.73. The number of anilines is 1. The van der Waals surface area contributed by atoms with Gasteiger partial charge in [-0.3, -0.25) is 4.79 Å². The summed E-state index contributed by atoms with van der Waals surface area (Å²) in [6.45, 7) is 3.89. The fraction of sp³-hybridized carbons (Fsp3) is 0.400. The maximum atomic E-state index is 13.0. The van der Waals surface area contributed by atoms with Gasteiger partial charge >= 0.3 is 0 Å². The van der Waals surface area contributed by atoms with E-state index in [9.17, 15) is 10.1 Å². The summed E-state index contributed by atoms with van der Waals surface area (Å²) in [5.41, 5.74) is 10.0. The third-order valence-electron chi connectivity index (χ3n) is 6.55. The van der Waals surface area contributed by atoms with Gasteiger partial charge in [0.05, 0.1) is 11.4 Å². The lowest BCUT2D eigenvalue weighted by molar-refractivity contribution is -0.116. The predicted molar refractivity (Wildman–Crippen MR) is 119 cm³/mol. The Hall–Kier alpha value is -3.33. The maximum absolute atomic E-state index is 13.0. The molecule has 0 bridgehead atoms. The molecule has 31 heavy (non-hydrogen) atoms. The number of hydrogen-bond donors (Lipinski definition) is 1. The quantitative estimate of drug-likeness (QED) is 0.785. The van der Waals surface area contributed by atoms with Crippen LogP contribution in [0.4, 0.5) is 5.82 Å². The zero-order valence-corrected chi connectivity index (χ0v) is 17.8. The number of allylic oxidation sites excluding steroid dienone is 3. The Bertz CT molecular complexity index is 1180. The number of benzene rings is 1. The highest BCUT2D eigenvalue weighted by Gasteiger charge is 2.40. The molecule has 1 saturated heterocycles. The van der Waals surface area contributed by atoms with Crippen molar-refractivity contribution in [3.05, 3.63) is 58.2 Å². The molecule has 158 valence electrons. The largest absolute Gasteiger partial charge is 0.444 e. The lowest BCUT2D eigenvalue weighted by Gasteiger charge is -2.35. The number of hydrogen-bond acceptors (Lipinski definition) is 6. The average molecular weight is 415 g/mol. The highest BCUT2D eigenvalue weighted by atomic mass is 16.5. The standard InChI is InChI=1S/C25H26N4O2/c1-15-8-9-19-16(12-15)13-17(25(28-19)29-10-3-2-4-11-29)22-18(14-26)24(27)31-21-7-5-6-20(30)23(21)22/h8-9,12-13,22H,2-7,10-11,27H2,1H3. The van der Waals surface area contributed by atoms with Gasteiger partial charge < -0.3 is 15.4 Å². The molecule has 1 atom stereocenters. The van der Waals surface area contributed by atoms with E-state index >= 15 is 0 Å². The average Bonchev–Trinajstić information content (AvgIpc) is 2.78. The summed E-state index contributed by atoms with van der Waals surface area (Å²) < 4.78 is 5.77. The molecule has 1 aromatic heterocycles. The Morgan fingerprint density at radius 1 is 1.16 bits per heavy atom. The molecule has 1 aliphatic carbocycles. The van der Waals surface area contributed by atoms with Gasteiger partial charge in [0.25, 0.3) is 0 Å². The first kappa shape index (κ1) is 19.6. The zero-order valence-electron chi connectivity index (χ0n) is 17.8. The van der Waals surface area contributed by atoms with Crippen LogP contribution in [-0.2, 0) is 9.53 Å². The molecule has 1 aromatic carbocycles. The predicted octanol–water partition coefficient (Wildman–Crippen LogP) is 4.35. The number of rotatable bonds is 2. The van der Waals surface area contributed by atoms with Crippen LogP contribution < -0.4 is 10.6 Å². The van der Waals surface area contributed by atoms with Gasteiger partial charge in [-0.25, -0.2) is 4.98 Å². The Kier molecular flexibility index (Phi) is 4.90. The summed E-state index contributed by atoms with van der Waals surface area (Å²) in [5.74, 6) is 1.09. The van der Waals surface area contributed by atoms with Crippen LogP contribution in [-0.4, -0.2) is 23.9 Å². The van der Waals surface area contributed by atoms with E-state index in [2.05, 4.69) is 36.1 Å². The normalized spacial score (nSPS) is 21.7. The van der Waals surface area contributed by atoms with E-state index < -0.39 is 5.92 Å². The Morgan fingerprint density at radius 2 is 1.97 bits per heavy atom. The Morgan fingerprint density at radius 3 is 2.74 bits per heavy atom. The van der Waals surface area contributed by atoms with Crippen molar-refractivity contribution in [1.82, 2.24) is 4.98 Å². The number of nitrogens with zero attached hydrogens (tertiary/aromatic N) is 3. The molecule has 6 heteroatoms. The summed E-state index contributed by atoms with van der Waals surface area (Å²) in [7, 11) is 0. The monoisotopic (exact) mass is 414 g/mol. The first-order valence-corrected chi connectivity index (χ1v) is 11.1. The van der Waals surface area contributed by atoms with Crippen molar-refractivity contribution in [2.45, 2.75) is 51.4 Å². The van der Waals surface area contributed by atoms with Gasteiger partial charge in [-0.1, -0.05) is 11.6 Å². The van der Waals surface area contributed by atoms with Crippen LogP contribution >= 0.6 is 0 Å². The number of pyridine rings is 1. The van der Waals surface area contributed by atoms with E-state index in [0.29, 0.717) is 29.7 Å². The third kappa shape index (κ3) is 3.34. The highest BCUT2D eigenvalue weighted by molar-refractivity contribution is 6.00. The topological polar surface area (TPSA) is 92.2 Å². The van der Waals surface area contributed by atoms with Gasteiger partial charge in [0.15, 0.2) is 5.78 Å². The molecule has 0 radical (unpaired) electrons. The number of nitriles is 1. The van der Waals surface area contributed by atoms with Crippen molar-refractivity contribution < 1.29 is 9.53 Å². The number of fused-ring (bicyclic) bond motifs is 1. The van der Waals surface area contributed by atoms with Crippen molar-refractivity contribution >= 4 is 22.5 Å². The molecule has 1 fully saturated rings. The molecule has 6 nitrogen and oxygen atoms in total. The number of carbonyl (C=O) groups is 1. The molecule has 3 aliphatic rings. The molecule has 3 heterocycles. The molecule has 0 spiro atoms. The second-order valence-corrected chi connectivity index (χ2v) is 8.68. The van der Waals surface area contributed by atoms with Crippen LogP contribution in [0, 0.1) is 18.3 Å². The third-order valence-corrected chi connectivity index (χ3v) is 6.55. The molecule has 2 aliphatic heterocycles. The highest BCUT2D eigenvalue weighted by Crippen LogP contribution is 2.46. The van der Waals surface area contributed by atoms with E-state index in [-0.39, 0.29) is 11.7 Å². The van der Waals surface area contributed by atoms with Gasteiger partial charge in [0, 0.05) is 42.5 Å². The van der Waals surface area contributed by atoms with Crippen LogP contribution in [0.3, 0.4) is 0 Å². The number of Topliss-reactive ketones (excluding diaryl/α,β-unsaturated/α-hetero) is 1. The summed E-state index contributed by atoms with van der Waals surface area (Å²) in [4.78, 5) is 20.4. The Balaban J connectivity index is 1.78. The van der Waals surface area contributed by atoms with Crippen molar-refractivity contribution in [2.24, 2.45) is 5.73 Å². The lowest BCUT2D eigenvalue weighted by atomic mass is 9.77. The summed E-state index contributed by atoms with van der Waals surface area (Å²) in [5, 5.41) is 11.0. The van der Waals surface area contributed by atoms with Crippen LogP contribution in [0.1, 0.15) is 55.6 Å². The number of aryl methyl sites for hydroxylation is 1. The lowest BCUT2D eigenvalue weighted by Crippen LogP contribution is -2.33. The van der Waals surface area contributed by atoms with Gasteiger partial charge in [-0.05, 0) is 50.8 Å². The van der Waals surface area contributed by atoms with E-state index in [1.807, 2.05) is 6.07 Å². The maximum Gasteiger partial charge on any atom is 0.205 e. The van der Waals surface area contributed by atoms with E-state index in [4.69, 9.17) is 15.5 Å². The van der Waals surface area contributed by atoms with E-state index in [1.54, 1.807) is 0 Å². The summed E-state index contributed by atoms with van der Waals surface area (Å²) >= 11 is 0. The summed E-state index contributed by atoms with van der Waals surface area (Å²) in [6.07, 6.45) is 5.30. The molecule has 2 aromatic rings. The number of ketones is 1. The van der Waals surface area contributed by atoms with Crippen molar-refractivity contribution in [3.63, 3.8) is 0 Å². The van der Waals surface area contributed by atoms with Crippen molar-refractivity contribution in [2.75, 3.05) is 18.0 Å². The van der Waals surface area contributed by atoms with Crippen LogP contribution in [0.15, 0.2) is 47.1 Å². The number of aromatic nitrogens is 1. The number of nitrogens with two attached hydrogens (primary N) is 1. The van der Waals surface area contributed by atoms with E-state index in [1.165, 1.54) is 6.42 Å². The van der Waals surface area contributed by atoms with Gasteiger partial charge in [-0.2, -0.15) is 5.26 Å². The van der Waals surface area contributed by atoms with Gasteiger partial charge in [0.1, 0.15) is 23.2 Å². The fourth-order valence-corrected chi connectivity index (χ4v) is 5.04. The minimum atomic E-state index is -0.532. The molecular formula is C25H26N4O2. The number of carbonyl (C=O) groups excluding carboxylic acids is 1. The van der Waals surface area contributed by atoms with E-state index in [0.717, 1.165) is 60.2 Å². The number of piperidine rings is 1. The number of ether oxygens (including phenoxy) is 1. The Labute approximate surface area is 182 Å². The van der Waals surface area contributed by atoms with Gasteiger partial charge in [-0.15, -0.1) is 0 Å². The molecular weight excluding hydrogens is 388 g/mol.